The molecule has 2 heteroatoms. The molecule has 0 saturated heterocycles. The Labute approximate surface area is 124 Å². The molecule has 0 aliphatic carbocycles. The van der Waals surface area contributed by atoms with Crippen molar-refractivity contribution >= 4 is 0 Å². The van der Waals surface area contributed by atoms with Gasteiger partial charge in [-0.2, -0.15) is 0 Å². The van der Waals surface area contributed by atoms with E-state index in [-0.39, 0.29) is 0 Å². The number of benzene rings is 1. The topological polar surface area (TPSA) is 21.3 Å². The number of hydrogen-bond donors (Lipinski definition) is 1. The third kappa shape index (κ3) is 6.42. The van der Waals surface area contributed by atoms with Crippen LogP contribution in [0, 0.1) is 0 Å². The molecule has 0 aliphatic rings. The molecule has 1 rings (SSSR count). The fourth-order valence-electron chi connectivity index (χ4n) is 2.36. The van der Waals surface area contributed by atoms with Crippen molar-refractivity contribution in [3.05, 3.63) is 29.8 Å². The van der Waals surface area contributed by atoms with Crippen molar-refractivity contribution < 1.29 is 4.74 Å². The van der Waals surface area contributed by atoms with Crippen LogP contribution in [-0.2, 0) is 0 Å². The summed E-state index contributed by atoms with van der Waals surface area (Å²) in [6.45, 7) is 10.6. The molecule has 0 fully saturated rings. The minimum atomic E-state index is 0.507. The Hall–Kier alpha value is -1.02. The molecule has 2 nitrogen and oxygen atoms in total. The summed E-state index contributed by atoms with van der Waals surface area (Å²) < 4.78 is 5.91. The van der Waals surface area contributed by atoms with Gasteiger partial charge in [-0.25, -0.2) is 0 Å². The molecule has 0 amide bonds. The zero-order valence-corrected chi connectivity index (χ0v) is 13.6. The monoisotopic (exact) mass is 277 g/mol. The molecule has 0 radical (unpaired) electrons. The van der Waals surface area contributed by atoms with Crippen LogP contribution < -0.4 is 10.1 Å². The SMILES string of the molecule is CCCCCC(C)NCCOc1ccccc1C(C)C. The summed E-state index contributed by atoms with van der Waals surface area (Å²) >= 11 is 0. The largest absolute Gasteiger partial charge is 0.492 e. The Balaban J connectivity index is 2.24. The Morgan fingerprint density at radius 3 is 2.55 bits per heavy atom. The van der Waals surface area contributed by atoms with Gasteiger partial charge in [-0.1, -0.05) is 58.2 Å². The van der Waals surface area contributed by atoms with E-state index >= 15 is 0 Å². The van der Waals surface area contributed by atoms with Crippen LogP contribution in [0.1, 0.15) is 64.9 Å². The second-order valence-corrected chi connectivity index (χ2v) is 5.89. The molecule has 0 heterocycles. The molecule has 0 bridgehead atoms. The van der Waals surface area contributed by atoms with Gasteiger partial charge in [0.1, 0.15) is 12.4 Å². The molecule has 1 aromatic carbocycles. The summed E-state index contributed by atoms with van der Waals surface area (Å²) in [5.74, 6) is 1.54. The second kappa shape index (κ2) is 9.82. The predicted octanol–water partition coefficient (Wildman–Crippen LogP) is 4.75. The second-order valence-electron chi connectivity index (χ2n) is 5.89. The molecule has 114 valence electrons. The van der Waals surface area contributed by atoms with Gasteiger partial charge >= 0.3 is 0 Å². The highest BCUT2D eigenvalue weighted by Crippen LogP contribution is 2.25. The van der Waals surface area contributed by atoms with Crippen molar-refractivity contribution in [3.8, 4) is 5.75 Å². The van der Waals surface area contributed by atoms with Crippen molar-refractivity contribution in [2.24, 2.45) is 0 Å². The van der Waals surface area contributed by atoms with Gasteiger partial charge in [-0.05, 0) is 30.9 Å². The molecule has 1 aromatic rings. The zero-order chi connectivity index (χ0) is 14.8. The van der Waals surface area contributed by atoms with Crippen LogP contribution in [0.3, 0.4) is 0 Å². The standard InChI is InChI=1S/C18H31NO/c1-5-6-7-10-16(4)19-13-14-20-18-12-9-8-11-17(18)15(2)3/h8-9,11-12,15-16,19H,5-7,10,13-14H2,1-4H3. The lowest BCUT2D eigenvalue weighted by Crippen LogP contribution is -2.30. The van der Waals surface area contributed by atoms with E-state index in [2.05, 4.69) is 51.2 Å². The van der Waals surface area contributed by atoms with Gasteiger partial charge in [-0.15, -0.1) is 0 Å². The maximum Gasteiger partial charge on any atom is 0.122 e. The highest BCUT2D eigenvalue weighted by Gasteiger charge is 2.06. The first-order valence-corrected chi connectivity index (χ1v) is 8.10. The summed E-state index contributed by atoms with van der Waals surface area (Å²) in [5.41, 5.74) is 1.29. The Bertz CT molecular complexity index is 362. The molecule has 1 N–H and O–H groups in total. The maximum absolute atomic E-state index is 5.91. The average molecular weight is 277 g/mol. The lowest BCUT2D eigenvalue weighted by molar-refractivity contribution is 0.300. The molecule has 0 aromatic heterocycles. The maximum atomic E-state index is 5.91. The molecule has 1 atom stereocenters. The van der Waals surface area contributed by atoms with Crippen LogP contribution in [0.4, 0.5) is 0 Å². The highest BCUT2D eigenvalue weighted by molar-refractivity contribution is 5.35. The summed E-state index contributed by atoms with van der Waals surface area (Å²) in [7, 11) is 0. The number of rotatable bonds is 10. The normalized spacial score (nSPS) is 12.7. The molecule has 1 unspecified atom stereocenters. The van der Waals surface area contributed by atoms with Crippen molar-refractivity contribution in [1.29, 1.82) is 0 Å². The first-order chi connectivity index (χ1) is 9.65. The summed E-state index contributed by atoms with van der Waals surface area (Å²) in [6.07, 6.45) is 5.21. The number of para-hydroxylation sites is 1. The lowest BCUT2D eigenvalue weighted by atomic mass is 10.0. The molecule has 0 aliphatic heterocycles. The number of ether oxygens (including phenoxy) is 1. The third-order valence-electron chi connectivity index (χ3n) is 3.63. The van der Waals surface area contributed by atoms with Gasteiger partial charge in [-0.3, -0.25) is 0 Å². The van der Waals surface area contributed by atoms with Crippen LogP contribution in [-0.4, -0.2) is 19.2 Å². The van der Waals surface area contributed by atoms with Gasteiger partial charge in [0.2, 0.25) is 0 Å². The van der Waals surface area contributed by atoms with Crippen molar-refractivity contribution in [2.75, 3.05) is 13.2 Å². The smallest absolute Gasteiger partial charge is 0.122 e. The first-order valence-electron chi connectivity index (χ1n) is 8.10. The minimum Gasteiger partial charge on any atom is -0.492 e. The molecule has 20 heavy (non-hydrogen) atoms. The van der Waals surface area contributed by atoms with Crippen LogP contribution in [0.5, 0.6) is 5.75 Å². The third-order valence-corrected chi connectivity index (χ3v) is 3.63. The van der Waals surface area contributed by atoms with Crippen molar-refractivity contribution in [2.45, 2.75) is 65.3 Å². The average Bonchev–Trinajstić information content (AvgIpc) is 2.44. The minimum absolute atomic E-state index is 0.507. The summed E-state index contributed by atoms with van der Waals surface area (Å²) in [6, 6.07) is 8.93. The van der Waals surface area contributed by atoms with Gasteiger partial charge in [0.05, 0.1) is 0 Å². The predicted molar refractivity (Wildman–Crippen MR) is 87.6 cm³/mol. The number of hydrogen-bond acceptors (Lipinski definition) is 2. The Kier molecular flexibility index (Phi) is 8.36. The Morgan fingerprint density at radius 1 is 1.10 bits per heavy atom. The number of nitrogens with one attached hydrogen (secondary N) is 1. The van der Waals surface area contributed by atoms with E-state index < -0.39 is 0 Å². The van der Waals surface area contributed by atoms with Crippen molar-refractivity contribution in [1.82, 2.24) is 5.32 Å². The van der Waals surface area contributed by atoms with Gasteiger partial charge in [0.25, 0.3) is 0 Å². The zero-order valence-electron chi connectivity index (χ0n) is 13.6. The lowest BCUT2D eigenvalue weighted by Gasteiger charge is -2.16. The Morgan fingerprint density at radius 2 is 1.85 bits per heavy atom. The van der Waals surface area contributed by atoms with E-state index in [1.807, 2.05) is 6.07 Å². The first kappa shape index (κ1) is 17.0. The van der Waals surface area contributed by atoms with Gasteiger partial charge in [0.15, 0.2) is 0 Å². The van der Waals surface area contributed by atoms with E-state index in [0.29, 0.717) is 12.0 Å². The van der Waals surface area contributed by atoms with Crippen LogP contribution in [0.25, 0.3) is 0 Å². The molecule has 0 spiro atoms. The number of unbranched alkanes of at least 4 members (excludes halogenated alkanes) is 2. The van der Waals surface area contributed by atoms with Crippen LogP contribution >= 0.6 is 0 Å². The fraction of sp³-hybridized carbons (Fsp3) is 0.667. The highest BCUT2D eigenvalue weighted by atomic mass is 16.5. The summed E-state index contributed by atoms with van der Waals surface area (Å²) in [4.78, 5) is 0. The van der Waals surface area contributed by atoms with E-state index in [1.165, 1.54) is 31.2 Å². The molecular formula is C18H31NO. The molecular weight excluding hydrogens is 246 g/mol. The van der Waals surface area contributed by atoms with Gasteiger partial charge < -0.3 is 10.1 Å². The van der Waals surface area contributed by atoms with E-state index in [4.69, 9.17) is 4.74 Å². The van der Waals surface area contributed by atoms with Crippen molar-refractivity contribution in [3.63, 3.8) is 0 Å². The summed E-state index contributed by atoms with van der Waals surface area (Å²) in [5, 5.41) is 3.54. The van der Waals surface area contributed by atoms with Gasteiger partial charge in [0, 0.05) is 12.6 Å². The molecule has 0 saturated carbocycles. The van der Waals surface area contributed by atoms with E-state index in [1.54, 1.807) is 0 Å². The quantitative estimate of drug-likeness (QED) is 0.623. The van der Waals surface area contributed by atoms with Crippen LogP contribution in [0.15, 0.2) is 24.3 Å². The van der Waals surface area contributed by atoms with Crippen LogP contribution in [0.2, 0.25) is 0 Å². The van der Waals surface area contributed by atoms with E-state index in [0.717, 1.165) is 18.9 Å². The fourth-order valence-corrected chi connectivity index (χ4v) is 2.36. The van der Waals surface area contributed by atoms with E-state index in [9.17, 15) is 0 Å².